The van der Waals surface area contributed by atoms with Gasteiger partial charge in [0.2, 0.25) is 5.91 Å². The molecule has 0 radical (unpaired) electrons. The van der Waals surface area contributed by atoms with Crippen molar-refractivity contribution < 1.29 is 14.6 Å². The second kappa shape index (κ2) is 7.09. The van der Waals surface area contributed by atoms with Crippen molar-refractivity contribution in [2.75, 3.05) is 6.61 Å². The largest absolute Gasteiger partial charge is 0.383 e. The number of carbonyl (C=O) groups is 1. The number of benzene rings is 1. The lowest BCUT2D eigenvalue weighted by Crippen LogP contribution is -2.46. The molecule has 1 heterocycles. The Morgan fingerprint density at radius 3 is 2.85 bits per heavy atom. The van der Waals surface area contributed by atoms with Gasteiger partial charge in [0, 0.05) is 13.0 Å². The molecule has 4 heteroatoms. The average molecular weight is 273 g/mol. The van der Waals surface area contributed by atoms with E-state index < -0.39 is 18.1 Å². The minimum Gasteiger partial charge on any atom is -0.383 e. The van der Waals surface area contributed by atoms with Crippen molar-refractivity contribution in [1.82, 2.24) is 5.32 Å². The van der Waals surface area contributed by atoms with E-state index in [1.54, 1.807) is 0 Å². The Labute approximate surface area is 119 Å². The van der Waals surface area contributed by atoms with E-state index in [1.807, 2.05) is 30.3 Å². The molecule has 0 aromatic heterocycles. The van der Waals surface area contributed by atoms with Gasteiger partial charge in [-0.2, -0.15) is 0 Å². The lowest BCUT2D eigenvalue weighted by Gasteiger charge is -2.21. The molecule has 3 atom stereocenters. The topological polar surface area (TPSA) is 58.6 Å². The van der Waals surface area contributed by atoms with Gasteiger partial charge in [-0.25, -0.2) is 0 Å². The predicted octanol–water partition coefficient (Wildman–Crippen LogP) is 0.887. The molecule has 1 amide bonds. The monoisotopic (exact) mass is 273 g/mol. The lowest BCUT2D eigenvalue weighted by molar-refractivity contribution is -0.130. The van der Waals surface area contributed by atoms with E-state index in [9.17, 15) is 9.90 Å². The van der Waals surface area contributed by atoms with Gasteiger partial charge >= 0.3 is 0 Å². The molecule has 1 aromatic carbocycles. The lowest BCUT2D eigenvalue weighted by atomic mass is 10.1. The van der Waals surface area contributed by atoms with E-state index in [2.05, 4.69) is 11.2 Å². The third-order valence-corrected chi connectivity index (χ3v) is 3.39. The van der Waals surface area contributed by atoms with Crippen LogP contribution in [0.4, 0.5) is 0 Å². The summed E-state index contributed by atoms with van der Waals surface area (Å²) in [6.45, 7) is 0.672. The summed E-state index contributed by atoms with van der Waals surface area (Å²) in [4.78, 5) is 12.0. The fraction of sp³-hybridized carbons (Fsp3) is 0.438. The third kappa shape index (κ3) is 3.83. The number of aliphatic hydroxyl groups is 1. The molecule has 1 aliphatic heterocycles. The summed E-state index contributed by atoms with van der Waals surface area (Å²) >= 11 is 0. The fourth-order valence-electron chi connectivity index (χ4n) is 2.29. The average Bonchev–Trinajstić information content (AvgIpc) is 2.99. The highest BCUT2D eigenvalue weighted by Gasteiger charge is 2.27. The number of hydrogen-bond donors (Lipinski definition) is 2. The Kier molecular flexibility index (Phi) is 5.16. The van der Waals surface area contributed by atoms with E-state index in [1.165, 1.54) is 0 Å². The predicted molar refractivity (Wildman–Crippen MR) is 75.9 cm³/mol. The van der Waals surface area contributed by atoms with E-state index in [-0.39, 0.29) is 12.5 Å². The number of amides is 1. The van der Waals surface area contributed by atoms with Gasteiger partial charge in [0.1, 0.15) is 12.1 Å². The summed E-state index contributed by atoms with van der Waals surface area (Å²) in [6.07, 6.45) is 6.24. The minimum atomic E-state index is -1.10. The van der Waals surface area contributed by atoms with Crippen LogP contribution in [-0.4, -0.2) is 35.9 Å². The van der Waals surface area contributed by atoms with Crippen molar-refractivity contribution in [3.8, 4) is 12.3 Å². The highest BCUT2D eigenvalue weighted by Crippen LogP contribution is 2.15. The maximum atomic E-state index is 12.0. The van der Waals surface area contributed by atoms with Gasteiger partial charge in [-0.1, -0.05) is 36.3 Å². The standard InChI is InChI=1S/C16H19NO3/c1-2-13(15-9-6-10-20-15)17-16(19)14(18)11-12-7-4-3-5-8-12/h1,3-5,7-8,13-15,18H,6,9-11H2,(H,17,19)/t13?,14-,15?/m0/s1. The van der Waals surface area contributed by atoms with Crippen LogP contribution in [0.2, 0.25) is 0 Å². The third-order valence-electron chi connectivity index (χ3n) is 3.39. The number of terminal acetylenes is 1. The Balaban J connectivity index is 1.88. The second-order valence-corrected chi connectivity index (χ2v) is 4.91. The molecule has 0 saturated carbocycles. The first-order valence-electron chi connectivity index (χ1n) is 6.81. The normalized spacial score (nSPS) is 20.9. The molecule has 1 fully saturated rings. The molecule has 0 bridgehead atoms. The number of rotatable bonds is 5. The maximum Gasteiger partial charge on any atom is 0.250 e. The van der Waals surface area contributed by atoms with Crippen molar-refractivity contribution >= 4 is 5.91 Å². The molecule has 20 heavy (non-hydrogen) atoms. The number of aliphatic hydroxyl groups excluding tert-OH is 1. The molecule has 1 aromatic rings. The van der Waals surface area contributed by atoms with Gasteiger partial charge in [-0.3, -0.25) is 4.79 Å². The number of hydrogen-bond acceptors (Lipinski definition) is 3. The van der Waals surface area contributed by atoms with Gasteiger partial charge in [0.15, 0.2) is 0 Å². The summed E-state index contributed by atoms with van der Waals surface area (Å²) in [5, 5.41) is 12.6. The Morgan fingerprint density at radius 2 is 2.25 bits per heavy atom. The van der Waals surface area contributed by atoms with Crippen LogP contribution in [-0.2, 0) is 16.0 Å². The van der Waals surface area contributed by atoms with Crippen molar-refractivity contribution in [1.29, 1.82) is 0 Å². The van der Waals surface area contributed by atoms with Crippen molar-refractivity contribution in [3.05, 3.63) is 35.9 Å². The summed E-state index contributed by atoms with van der Waals surface area (Å²) in [5.41, 5.74) is 0.907. The molecule has 0 aliphatic carbocycles. The van der Waals surface area contributed by atoms with Crippen LogP contribution in [0.3, 0.4) is 0 Å². The summed E-state index contributed by atoms with van der Waals surface area (Å²) in [7, 11) is 0. The van der Waals surface area contributed by atoms with E-state index >= 15 is 0 Å². The van der Waals surface area contributed by atoms with Gasteiger partial charge in [0.25, 0.3) is 0 Å². The van der Waals surface area contributed by atoms with Crippen LogP contribution in [0.15, 0.2) is 30.3 Å². The van der Waals surface area contributed by atoms with Crippen LogP contribution in [0.25, 0.3) is 0 Å². The van der Waals surface area contributed by atoms with Crippen molar-refractivity contribution in [3.63, 3.8) is 0 Å². The molecular formula is C16H19NO3. The number of ether oxygens (including phenoxy) is 1. The molecule has 2 N–H and O–H groups in total. The molecule has 1 saturated heterocycles. The van der Waals surface area contributed by atoms with E-state index in [0.29, 0.717) is 6.61 Å². The summed E-state index contributed by atoms with van der Waals surface area (Å²) < 4.78 is 5.47. The molecule has 1 aliphatic rings. The molecule has 2 rings (SSSR count). The van der Waals surface area contributed by atoms with E-state index in [4.69, 9.17) is 11.2 Å². The van der Waals surface area contributed by atoms with Crippen molar-refractivity contribution in [2.45, 2.75) is 37.5 Å². The zero-order valence-corrected chi connectivity index (χ0v) is 11.3. The van der Waals surface area contributed by atoms with Gasteiger partial charge in [0.05, 0.1) is 6.10 Å². The second-order valence-electron chi connectivity index (χ2n) is 4.91. The van der Waals surface area contributed by atoms with Crippen LogP contribution in [0, 0.1) is 12.3 Å². The first-order chi connectivity index (χ1) is 9.70. The van der Waals surface area contributed by atoms with Crippen LogP contribution in [0.1, 0.15) is 18.4 Å². The maximum absolute atomic E-state index is 12.0. The smallest absolute Gasteiger partial charge is 0.250 e. The zero-order chi connectivity index (χ0) is 14.4. The molecule has 2 unspecified atom stereocenters. The van der Waals surface area contributed by atoms with Gasteiger partial charge in [-0.05, 0) is 18.4 Å². The SMILES string of the molecule is C#CC(NC(=O)[C@@H](O)Cc1ccccc1)C1CCCO1. The van der Waals surface area contributed by atoms with Crippen LogP contribution in [0.5, 0.6) is 0 Å². The Hall–Kier alpha value is -1.83. The van der Waals surface area contributed by atoms with Crippen LogP contribution >= 0.6 is 0 Å². The highest BCUT2D eigenvalue weighted by atomic mass is 16.5. The zero-order valence-electron chi connectivity index (χ0n) is 11.3. The fourth-order valence-corrected chi connectivity index (χ4v) is 2.29. The van der Waals surface area contributed by atoms with Crippen molar-refractivity contribution in [2.24, 2.45) is 0 Å². The quantitative estimate of drug-likeness (QED) is 0.783. The Bertz CT molecular complexity index is 474. The van der Waals surface area contributed by atoms with Gasteiger partial charge in [-0.15, -0.1) is 6.42 Å². The number of nitrogens with one attached hydrogen (secondary N) is 1. The molecule has 0 spiro atoms. The summed E-state index contributed by atoms with van der Waals surface area (Å²) in [6, 6.07) is 8.90. The highest BCUT2D eigenvalue weighted by molar-refractivity contribution is 5.81. The van der Waals surface area contributed by atoms with E-state index in [0.717, 1.165) is 18.4 Å². The first-order valence-corrected chi connectivity index (χ1v) is 6.81. The number of carbonyl (C=O) groups excluding carboxylic acids is 1. The van der Waals surface area contributed by atoms with Crippen LogP contribution < -0.4 is 5.32 Å². The molecule has 106 valence electrons. The first kappa shape index (κ1) is 14.6. The van der Waals surface area contributed by atoms with Gasteiger partial charge < -0.3 is 15.2 Å². The molecular weight excluding hydrogens is 254 g/mol. The minimum absolute atomic E-state index is 0.145. The molecule has 4 nitrogen and oxygen atoms in total. The Morgan fingerprint density at radius 1 is 1.50 bits per heavy atom. The summed E-state index contributed by atoms with van der Waals surface area (Å²) in [5.74, 6) is 2.07.